The van der Waals surface area contributed by atoms with Gasteiger partial charge in [0.15, 0.2) is 5.78 Å². The second-order valence-corrected chi connectivity index (χ2v) is 5.68. The Bertz CT molecular complexity index is 693. The summed E-state index contributed by atoms with van der Waals surface area (Å²) in [6, 6.07) is 10.1. The van der Waals surface area contributed by atoms with Crippen LogP contribution < -0.4 is 0 Å². The number of benzene rings is 1. The van der Waals surface area contributed by atoms with Gasteiger partial charge in [0.25, 0.3) is 0 Å². The number of fused-ring (bicyclic) bond motifs is 1. The molecule has 1 aromatic carbocycles. The zero-order chi connectivity index (χ0) is 13.2. The molecule has 3 aromatic rings. The number of hydrogen-bond donors (Lipinski definition) is 0. The fourth-order valence-corrected chi connectivity index (χ4v) is 3.13. The minimum Gasteiger partial charge on any atom is -0.293 e. The molecule has 3 rings (SSSR count). The van der Waals surface area contributed by atoms with Crippen LogP contribution in [0.5, 0.6) is 0 Å². The van der Waals surface area contributed by atoms with Gasteiger partial charge in [-0.15, -0.1) is 11.3 Å². The van der Waals surface area contributed by atoms with Crippen molar-refractivity contribution in [2.24, 2.45) is 7.05 Å². The van der Waals surface area contributed by atoms with E-state index in [0.29, 0.717) is 6.42 Å². The summed E-state index contributed by atoms with van der Waals surface area (Å²) in [7, 11) is 1.89. The third-order valence-electron chi connectivity index (χ3n) is 3.10. The van der Waals surface area contributed by atoms with Crippen molar-refractivity contribution < 1.29 is 4.79 Å². The van der Waals surface area contributed by atoms with Crippen LogP contribution in [-0.2, 0) is 13.5 Å². The van der Waals surface area contributed by atoms with Gasteiger partial charge in [-0.2, -0.15) is 5.10 Å². The van der Waals surface area contributed by atoms with Crippen molar-refractivity contribution in [3.8, 4) is 0 Å². The number of thiophene rings is 1. The van der Waals surface area contributed by atoms with E-state index in [2.05, 4.69) is 11.2 Å². The molecule has 3 nitrogen and oxygen atoms in total. The van der Waals surface area contributed by atoms with Crippen molar-refractivity contribution in [1.82, 2.24) is 9.78 Å². The Balaban J connectivity index is 1.73. The van der Waals surface area contributed by atoms with Crippen molar-refractivity contribution in [2.45, 2.75) is 12.8 Å². The summed E-state index contributed by atoms with van der Waals surface area (Å²) < 4.78 is 2.94. The van der Waals surface area contributed by atoms with Crippen LogP contribution in [0.25, 0.3) is 10.1 Å². The van der Waals surface area contributed by atoms with E-state index in [0.717, 1.165) is 22.2 Å². The van der Waals surface area contributed by atoms with E-state index in [4.69, 9.17) is 0 Å². The molecule has 0 unspecified atom stereocenters. The number of aryl methyl sites for hydroxylation is 2. The maximum atomic E-state index is 12.2. The van der Waals surface area contributed by atoms with Crippen LogP contribution in [0.2, 0.25) is 0 Å². The number of hydrogen-bond acceptors (Lipinski definition) is 3. The van der Waals surface area contributed by atoms with Crippen molar-refractivity contribution >= 4 is 27.2 Å². The number of ketones is 1. The van der Waals surface area contributed by atoms with Crippen LogP contribution in [0.15, 0.2) is 42.7 Å². The van der Waals surface area contributed by atoms with Gasteiger partial charge in [0.2, 0.25) is 0 Å². The molecule has 0 radical (unpaired) electrons. The summed E-state index contributed by atoms with van der Waals surface area (Å²) in [6.07, 6.45) is 5.07. The fraction of sp³-hybridized carbons (Fsp3) is 0.200. The second-order valence-electron chi connectivity index (χ2n) is 4.59. The van der Waals surface area contributed by atoms with Gasteiger partial charge >= 0.3 is 0 Å². The summed E-state index contributed by atoms with van der Waals surface area (Å²) in [6.45, 7) is 0. The van der Waals surface area contributed by atoms with Gasteiger partial charge in [-0.1, -0.05) is 18.2 Å². The minimum atomic E-state index is 0.213. The first-order valence-electron chi connectivity index (χ1n) is 6.22. The summed E-state index contributed by atoms with van der Waals surface area (Å²) in [5, 5.41) is 5.26. The van der Waals surface area contributed by atoms with Gasteiger partial charge in [-0.3, -0.25) is 9.48 Å². The average Bonchev–Trinajstić information content (AvgIpc) is 3.01. The molecule has 0 fully saturated rings. The summed E-state index contributed by atoms with van der Waals surface area (Å²) in [5.41, 5.74) is 1.11. The molecule has 2 aromatic heterocycles. The summed E-state index contributed by atoms with van der Waals surface area (Å²) in [4.78, 5) is 13.0. The fourth-order valence-electron chi connectivity index (χ4n) is 2.10. The van der Waals surface area contributed by atoms with E-state index in [1.54, 1.807) is 16.0 Å². The maximum absolute atomic E-state index is 12.2. The highest BCUT2D eigenvalue weighted by Crippen LogP contribution is 2.26. The molecule has 2 heterocycles. The first-order chi connectivity index (χ1) is 9.22. The predicted octanol–water partition coefficient (Wildman–Crippen LogP) is 3.45. The molecule has 96 valence electrons. The number of carbonyl (C=O) groups excluding carboxylic acids is 1. The number of aromatic nitrogens is 2. The summed E-state index contributed by atoms with van der Waals surface area (Å²) in [5.74, 6) is 0.213. The molecule has 0 saturated carbocycles. The van der Waals surface area contributed by atoms with E-state index in [1.165, 1.54) is 4.70 Å². The molecule has 0 aliphatic rings. The van der Waals surface area contributed by atoms with Crippen LogP contribution in [-0.4, -0.2) is 15.6 Å². The molecule has 0 atom stereocenters. The Morgan fingerprint density at radius 2 is 2.21 bits per heavy atom. The Kier molecular flexibility index (Phi) is 3.17. The van der Waals surface area contributed by atoms with Crippen LogP contribution in [0, 0.1) is 0 Å². The van der Waals surface area contributed by atoms with Gasteiger partial charge in [0, 0.05) is 24.4 Å². The monoisotopic (exact) mass is 270 g/mol. The Morgan fingerprint density at radius 1 is 1.37 bits per heavy atom. The molecular formula is C15H14N2OS. The average molecular weight is 270 g/mol. The normalized spacial score (nSPS) is 11.0. The number of rotatable bonds is 4. The number of carbonyl (C=O) groups is 1. The molecule has 0 N–H and O–H groups in total. The van der Waals surface area contributed by atoms with Gasteiger partial charge in [-0.25, -0.2) is 0 Å². The van der Waals surface area contributed by atoms with Crippen molar-refractivity contribution in [1.29, 1.82) is 0 Å². The van der Waals surface area contributed by atoms with E-state index in [1.807, 2.05) is 43.7 Å². The smallest absolute Gasteiger partial charge is 0.173 e. The predicted molar refractivity (Wildman–Crippen MR) is 77.7 cm³/mol. The number of nitrogens with zero attached hydrogens (tertiary/aromatic N) is 2. The zero-order valence-electron chi connectivity index (χ0n) is 10.7. The Morgan fingerprint density at radius 3 is 2.95 bits per heavy atom. The Labute approximate surface area is 115 Å². The molecule has 19 heavy (non-hydrogen) atoms. The molecule has 0 bridgehead atoms. The van der Waals surface area contributed by atoms with Gasteiger partial charge < -0.3 is 0 Å². The highest BCUT2D eigenvalue weighted by atomic mass is 32.1. The molecule has 4 heteroatoms. The molecular weight excluding hydrogens is 256 g/mol. The topological polar surface area (TPSA) is 34.9 Å². The quantitative estimate of drug-likeness (QED) is 0.681. The zero-order valence-corrected chi connectivity index (χ0v) is 11.5. The minimum absolute atomic E-state index is 0.213. The van der Waals surface area contributed by atoms with E-state index in [9.17, 15) is 4.79 Å². The Hall–Kier alpha value is -1.94. The summed E-state index contributed by atoms with van der Waals surface area (Å²) >= 11 is 1.58. The standard InChI is InChI=1S/C15H14N2OS/c1-17-10-11(9-16-17)6-7-13(18)15-8-12-4-2-3-5-14(12)19-15/h2-5,8-10H,6-7H2,1H3. The first kappa shape index (κ1) is 12.1. The van der Waals surface area contributed by atoms with Gasteiger partial charge in [0.1, 0.15) is 0 Å². The van der Waals surface area contributed by atoms with Gasteiger partial charge in [-0.05, 0) is 29.5 Å². The first-order valence-corrected chi connectivity index (χ1v) is 7.03. The van der Waals surface area contributed by atoms with Crippen LogP contribution in [0.3, 0.4) is 0 Å². The van der Waals surface area contributed by atoms with Crippen molar-refractivity contribution in [2.75, 3.05) is 0 Å². The van der Waals surface area contributed by atoms with Crippen LogP contribution in [0.1, 0.15) is 21.7 Å². The lowest BCUT2D eigenvalue weighted by atomic mass is 10.1. The lowest BCUT2D eigenvalue weighted by Crippen LogP contribution is -1.98. The van der Waals surface area contributed by atoms with E-state index in [-0.39, 0.29) is 5.78 Å². The van der Waals surface area contributed by atoms with Crippen molar-refractivity contribution in [3.05, 3.63) is 53.2 Å². The van der Waals surface area contributed by atoms with Crippen molar-refractivity contribution in [3.63, 3.8) is 0 Å². The van der Waals surface area contributed by atoms with E-state index >= 15 is 0 Å². The highest BCUT2D eigenvalue weighted by Gasteiger charge is 2.10. The second kappa shape index (κ2) is 4.97. The lowest BCUT2D eigenvalue weighted by molar-refractivity contribution is 0.0987. The third-order valence-corrected chi connectivity index (χ3v) is 4.26. The third kappa shape index (κ3) is 2.58. The highest BCUT2D eigenvalue weighted by molar-refractivity contribution is 7.20. The van der Waals surface area contributed by atoms with Crippen LogP contribution >= 0.6 is 11.3 Å². The molecule has 0 saturated heterocycles. The molecule has 0 amide bonds. The molecule has 0 spiro atoms. The molecule has 0 aliphatic carbocycles. The largest absolute Gasteiger partial charge is 0.293 e. The lowest BCUT2D eigenvalue weighted by Gasteiger charge is -1.95. The van der Waals surface area contributed by atoms with Gasteiger partial charge in [0.05, 0.1) is 11.1 Å². The molecule has 0 aliphatic heterocycles. The van der Waals surface area contributed by atoms with Crippen LogP contribution in [0.4, 0.5) is 0 Å². The SMILES string of the molecule is Cn1cc(CCC(=O)c2cc3ccccc3s2)cn1. The maximum Gasteiger partial charge on any atom is 0.173 e. The van der Waals surface area contributed by atoms with E-state index < -0.39 is 0 Å². The number of Topliss-reactive ketones (excluding diaryl/α,β-unsaturated/α-hetero) is 1.